The van der Waals surface area contributed by atoms with Crippen molar-refractivity contribution in [3.63, 3.8) is 0 Å². The topological polar surface area (TPSA) is 47.7 Å². The minimum atomic E-state index is 0.656. The van der Waals surface area contributed by atoms with Gasteiger partial charge in [-0.1, -0.05) is 24.3 Å². The highest BCUT2D eigenvalue weighted by Gasteiger charge is 2.20. The van der Waals surface area contributed by atoms with Crippen LogP contribution in [-0.2, 0) is 6.67 Å². The second-order valence-electron chi connectivity index (χ2n) is 7.10. The number of ether oxygens (including phenoxy) is 2. The first kappa shape index (κ1) is 20.4. The Labute approximate surface area is 182 Å². The lowest BCUT2D eigenvalue weighted by Gasteiger charge is -2.36. The van der Waals surface area contributed by atoms with Gasteiger partial charge in [-0.25, -0.2) is 4.68 Å². The Morgan fingerprint density at radius 3 is 2.30 bits per heavy atom. The monoisotopic (exact) mass is 425 g/mol. The number of methoxy groups -OCH3 is 1. The standard InChI is InChI=1S/C22H27N5O2S/c1-3-29-21-11-7-4-8-18(21)25-14-12-24(13-15-25)17-27-22(30)26(16-23-27)19-9-5-6-10-20(19)28-2/h4-11,16H,3,12-15,17H2,1-2H3. The van der Waals surface area contributed by atoms with Crippen LogP contribution in [0.15, 0.2) is 54.9 Å². The SMILES string of the molecule is CCOc1ccccc1N1CCN(Cn2ncn(-c3ccccc3OC)c2=S)CC1. The third kappa shape index (κ3) is 4.20. The van der Waals surface area contributed by atoms with E-state index in [-0.39, 0.29) is 0 Å². The summed E-state index contributed by atoms with van der Waals surface area (Å²) < 4.78 is 15.7. The van der Waals surface area contributed by atoms with Gasteiger partial charge in [0, 0.05) is 26.2 Å². The smallest absolute Gasteiger partial charge is 0.203 e. The van der Waals surface area contributed by atoms with E-state index < -0.39 is 0 Å². The summed E-state index contributed by atoms with van der Waals surface area (Å²) in [6.07, 6.45) is 1.76. The van der Waals surface area contributed by atoms with Crippen LogP contribution >= 0.6 is 12.2 Å². The fourth-order valence-corrected chi connectivity index (χ4v) is 3.99. The molecular weight excluding hydrogens is 398 g/mol. The summed E-state index contributed by atoms with van der Waals surface area (Å²) in [6.45, 7) is 7.09. The molecule has 0 N–H and O–H groups in total. The lowest BCUT2D eigenvalue weighted by atomic mass is 10.2. The van der Waals surface area contributed by atoms with Crippen LogP contribution in [0.25, 0.3) is 5.69 Å². The van der Waals surface area contributed by atoms with Gasteiger partial charge < -0.3 is 14.4 Å². The normalized spacial score (nSPS) is 14.7. The number of para-hydroxylation sites is 4. The van der Waals surface area contributed by atoms with Crippen molar-refractivity contribution in [2.24, 2.45) is 0 Å². The molecule has 1 fully saturated rings. The average Bonchev–Trinajstić information content (AvgIpc) is 3.15. The second kappa shape index (κ2) is 9.32. The molecule has 8 heteroatoms. The van der Waals surface area contributed by atoms with Crippen LogP contribution in [0, 0.1) is 4.77 Å². The molecule has 1 aliphatic rings. The maximum atomic E-state index is 5.80. The molecule has 1 aromatic heterocycles. The van der Waals surface area contributed by atoms with Crippen molar-refractivity contribution < 1.29 is 9.47 Å². The molecule has 3 aromatic rings. The van der Waals surface area contributed by atoms with Gasteiger partial charge in [0.25, 0.3) is 0 Å². The summed E-state index contributed by atoms with van der Waals surface area (Å²) in [5, 5.41) is 4.52. The first-order valence-corrected chi connectivity index (χ1v) is 10.6. The molecule has 30 heavy (non-hydrogen) atoms. The Balaban J connectivity index is 1.43. The molecule has 0 saturated carbocycles. The summed E-state index contributed by atoms with van der Waals surface area (Å²) in [6, 6.07) is 16.1. The van der Waals surface area contributed by atoms with Gasteiger partial charge in [-0.2, -0.15) is 5.10 Å². The number of rotatable bonds is 7. The molecule has 0 aliphatic carbocycles. The molecule has 0 unspecified atom stereocenters. The average molecular weight is 426 g/mol. The Hall–Kier alpha value is -2.84. The summed E-state index contributed by atoms with van der Waals surface area (Å²) >= 11 is 5.68. The third-order valence-corrected chi connectivity index (χ3v) is 5.70. The van der Waals surface area contributed by atoms with Crippen molar-refractivity contribution in [2.45, 2.75) is 13.6 Å². The van der Waals surface area contributed by atoms with Crippen LogP contribution in [0.3, 0.4) is 0 Å². The van der Waals surface area contributed by atoms with Crippen LogP contribution in [0.5, 0.6) is 11.5 Å². The maximum absolute atomic E-state index is 5.80. The fourth-order valence-electron chi connectivity index (χ4n) is 3.74. The summed E-state index contributed by atoms with van der Waals surface area (Å²) in [5.41, 5.74) is 2.06. The molecule has 0 radical (unpaired) electrons. The van der Waals surface area contributed by atoms with Crippen LogP contribution < -0.4 is 14.4 Å². The van der Waals surface area contributed by atoms with Gasteiger partial charge in [-0.15, -0.1) is 0 Å². The molecule has 0 spiro atoms. The quantitative estimate of drug-likeness (QED) is 0.539. The zero-order valence-corrected chi connectivity index (χ0v) is 18.2. The highest BCUT2D eigenvalue weighted by molar-refractivity contribution is 7.71. The van der Waals surface area contributed by atoms with Crippen LogP contribution in [0.1, 0.15) is 6.92 Å². The first-order chi connectivity index (χ1) is 14.7. The number of nitrogens with zero attached hydrogens (tertiary/aromatic N) is 5. The Morgan fingerprint density at radius 2 is 1.60 bits per heavy atom. The Bertz CT molecular complexity index is 1040. The van der Waals surface area contributed by atoms with E-state index >= 15 is 0 Å². The minimum absolute atomic E-state index is 0.656. The van der Waals surface area contributed by atoms with Gasteiger partial charge in [-0.3, -0.25) is 9.47 Å². The molecular formula is C22H27N5O2S. The van der Waals surface area contributed by atoms with Crippen LogP contribution in [0.4, 0.5) is 5.69 Å². The van der Waals surface area contributed by atoms with E-state index in [1.165, 1.54) is 0 Å². The van der Waals surface area contributed by atoms with E-state index in [4.69, 9.17) is 21.7 Å². The lowest BCUT2D eigenvalue weighted by molar-refractivity contribution is 0.194. The first-order valence-electron chi connectivity index (χ1n) is 10.2. The molecule has 0 amide bonds. The Kier molecular flexibility index (Phi) is 6.35. The van der Waals surface area contributed by atoms with Crippen molar-refractivity contribution >= 4 is 17.9 Å². The summed E-state index contributed by atoms with van der Waals surface area (Å²) in [7, 11) is 1.66. The molecule has 4 rings (SSSR count). The Morgan fingerprint density at radius 1 is 0.933 bits per heavy atom. The minimum Gasteiger partial charge on any atom is -0.495 e. The van der Waals surface area contributed by atoms with Gasteiger partial charge in [-0.05, 0) is 43.4 Å². The van der Waals surface area contributed by atoms with Crippen molar-refractivity contribution in [1.82, 2.24) is 19.2 Å². The van der Waals surface area contributed by atoms with E-state index in [1.807, 2.05) is 52.6 Å². The molecule has 2 heterocycles. The van der Waals surface area contributed by atoms with Crippen molar-refractivity contribution in [1.29, 1.82) is 0 Å². The van der Waals surface area contributed by atoms with Crippen molar-refractivity contribution in [3.8, 4) is 17.2 Å². The van der Waals surface area contributed by atoms with Gasteiger partial charge in [0.15, 0.2) is 0 Å². The predicted octanol–water partition coefficient (Wildman–Crippen LogP) is 3.59. The fraction of sp³-hybridized carbons (Fsp3) is 0.364. The number of anilines is 1. The number of hydrogen-bond acceptors (Lipinski definition) is 6. The van der Waals surface area contributed by atoms with E-state index in [2.05, 4.69) is 27.0 Å². The molecule has 2 aromatic carbocycles. The second-order valence-corrected chi connectivity index (χ2v) is 7.47. The van der Waals surface area contributed by atoms with Crippen LogP contribution in [-0.4, -0.2) is 59.1 Å². The van der Waals surface area contributed by atoms with Gasteiger partial charge >= 0.3 is 0 Å². The number of benzene rings is 2. The molecule has 1 saturated heterocycles. The summed E-state index contributed by atoms with van der Waals surface area (Å²) in [4.78, 5) is 4.75. The molecule has 158 valence electrons. The number of hydrogen-bond donors (Lipinski definition) is 0. The highest BCUT2D eigenvalue weighted by atomic mass is 32.1. The number of aromatic nitrogens is 3. The molecule has 1 aliphatic heterocycles. The van der Waals surface area contributed by atoms with Crippen LogP contribution in [0.2, 0.25) is 0 Å². The molecule has 0 bridgehead atoms. The van der Waals surface area contributed by atoms with E-state index in [9.17, 15) is 0 Å². The van der Waals surface area contributed by atoms with Crippen molar-refractivity contribution in [3.05, 3.63) is 59.6 Å². The third-order valence-electron chi connectivity index (χ3n) is 5.29. The summed E-state index contributed by atoms with van der Waals surface area (Å²) in [5.74, 6) is 1.72. The van der Waals surface area contributed by atoms with E-state index in [0.717, 1.165) is 49.1 Å². The van der Waals surface area contributed by atoms with E-state index in [1.54, 1.807) is 13.4 Å². The maximum Gasteiger partial charge on any atom is 0.203 e. The molecule has 7 nitrogen and oxygen atoms in total. The van der Waals surface area contributed by atoms with Crippen molar-refractivity contribution in [2.75, 3.05) is 44.8 Å². The lowest BCUT2D eigenvalue weighted by Crippen LogP contribution is -2.47. The molecule has 0 atom stereocenters. The zero-order chi connectivity index (χ0) is 20.9. The van der Waals surface area contributed by atoms with Gasteiger partial charge in [0.1, 0.15) is 17.8 Å². The largest absolute Gasteiger partial charge is 0.495 e. The highest BCUT2D eigenvalue weighted by Crippen LogP contribution is 2.29. The van der Waals surface area contributed by atoms with Gasteiger partial charge in [0.05, 0.1) is 31.8 Å². The number of piperazine rings is 1. The van der Waals surface area contributed by atoms with Gasteiger partial charge in [0.2, 0.25) is 4.77 Å². The zero-order valence-electron chi connectivity index (χ0n) is 17.4. The predicted molar refractivity (Wildman–Crippen MR) is 120 cm³/mol. The van der Waals surface area contributed by atoms with E-state index in [0.29, 0.717) is 18.0 Å².